The summed E-state index contributed by atoms with van der Waals surface area (Å²) in [6.07, 6.45) is 0. The van der Waals surface area contributed by atoms with E-state index in [2.05, 4.69) is 40.0 Å². The molecule has 0 spiro atoms. The minimum Gasteiger partial charge on any atom is -0.203 e. The van der Waals surface area contributed by atoms with Crippen molar-refractivity contribution in [1.29, 1.82) is 0 Å². The lowest BCUT2D eigenvalue weighted by atomic mass is 10.0. The first-order valence-electron chi connectivity index (χ1n) is 8.43. The van der Waals surface area contributed by atoms with Crippen LogP contribution in [0.25, 0.3) is 31.9 Å². The summed E-state index contributed by atoms with van der Waals surface area (Å²) in [5, 5.41) is 9.06. The van der Waals surface area contributed by atoms with E-state index in [-0.39, 0.29) is 11.1 Å². The lowest BCUT2D eigenvalue weighted by Gasteiger charge is -2.07. The van der Waals surface area contributed by atoms with Gasteiger partial charge in [-0.15, -0.1) is 22.7 Å². The fourth-order valence-corrected chi connectivity index (χ4v) is 5.32. The van der Waals surface area contributed by atoms with Crippen LogP contribution < -0.4 is 0 Å². The Balaban J connectivity index is 2.07. The van der Waals surface area contributed by atoms with Crippen LogP contribution in [-0.2, 0) is 6.54 Å². The maximum absolute atomic E-state index is 15.2. The first-order chi connectivity index (χ1) is 12.8. The lowest BCUT2D eigenvalue weighted by Crippen LogP contribution is -2.07. The predicted octanol–water partition coefficient (Wildman–Crippen LogP) is 6.89. The average Bonchev–Trinajstić information content (AvgIpc) is 3.29. The maximum Gasteiger partial charge on any atom is 0.170 e. The summed E-state index contributed by atoms with van der Waals surface area (Å²) in [5.41, 5.74) is 1.15. The smallest absolute Gasteiger partial charge is 0.170 e. The Bertz CT molecular complexity index is 1060. The van der Waals surface area contributed by atoms with Crippen molar-refractivity contribution in [3.8, 4) is 20.9 Å². The van der Waals surface area contributed by atoms with E-state index in [9.17, 15) is 0 Å². The Morgan fingerprint density at radius 1 is 0.963 bits per heavy atom. The van der Waals surface area contributed by atoms with Gasteiger partial charge in [0.25, 0.3) is 0 Å². The molecule has 0 atom stereocenters. The number of fused-ring (bicyclic) bond motifs is 1. The molecule has 0 aliphatic rings. The van der Waals surface area contributed by atoms with Crippen molar-refractivity contribution < 1.29 is 8.78 Å². The molecule has 27 heavy (non-hydrogen) atoms. The topological polar surface area (TPSA) is 30.7 Å². The maximum atomic E-state index is 15.2. The summed E-state index contributed by atoms with van der Waals surface area (Å²) in [6, 6.07) is 7.28. The molecule has 0 saturated carbocycles. The first-order valence-corrected chi connectivity index (χ1v) is 10.9. The molecule has 0 aliphatic carbocycles. The predicted molar refractivity (Wildman–Crippen MR) is 111 cm³/mol. The summed E-state index contributed by atoms with van der Waals surface area (Å²) in [5.74, 6) is -1.44. The molecule has 0 bridgehead atoms. The Morgan fingerprint density at radius 3 is 1.96 bits per heavy atom. The van der Waals surface area contributed by atoms with E-state index in [1.807, 2.05) is 19.1 Å². The van der Waals surface area contributed by atoms with Crippen LogP contribution in [0.2, 0.25) is 0 Å². The van der Waals surface area contributed by atoms with Crippen LogP contribution >= 0.6 is 38.6 Å². The van der Waals surface area contributed by atoms with E-state index < -0.39 is 11.6 Å². The van der Waals surface area contributed by atoms with Crippen LogP contribution in [0.1, 0.15) is 18.7 Å². The van der Waals surface area contributed by atoms with Crippen LogP contribution in [0.5, 0.6) is 0 Å². The number of rotatable bonds is 4. The van der Waals surface area contributed by atoms with Crippen molar-refractivity contribution in [2.24, 2.45) is 5.92 Å². The molecule has 0 N–H and O–H groups in total. The Kier molecular flexibility index (Phi) is 4.90. The largest absolute Gasteiger partial charge is 0.203 e. The van der Waals surface area contributed by atoms with E-state index in [1.54, 1.807) is 16.9 Å². The van der Waals surface area contributed by atoms with Gasteiger partial charge in [-0.1, -0.05) is 13.8 Å². The van der Waals surface area contributed by atoms with Gasteiger partial charge < -0.3 is 0 Å². The molecule has 0 saturated heterocycles. The second-order valence-electron chi connectivity index (χ2n) is 6.74. The number of nitrogens with zero attached hydrogens (tertiary/aromatic N) is 3. The Morgan fingerprint density at radius 2 is 1.52 bits per heavy atom. The first kappa shape index (κ1) is 18.7. The number of halogens is 3. The monoisotopic (exact) mass is 467 g/mol. The fourth-order valence-electron chi connectivity index (χ4n) is 2.99. The van der Waals surface area contributed by atoms with Crippen molar-refractivity contribution in [1.82, 2.24) is 15.0 Å². The van der Waals surface area contributed by atoms with E-state index >= 15 is 8.78 Å². The van der Waals surface area contributed by atoms with Crippen molar-refractivity contribution in [2.45, 2.75) is 27.3 Å². The van der Waals surface area contributed by atoms with E-state index in [0.29, 0.717) is 33.3 Å². The normalized spacial score (nSPS) is 11.8. The summed E-state index contributed by atoms with van der Waals surface area (Å²) in [6.45, 7) is 6.62. The quantitative estimate of drug-likeness (QED) is 0.327. The zero-order chi connectivity index (χ0) is 19.3. The Hall–Kier alpha value is -1.64. The number of hydrogen-bond donors (Lipinski definition) is 0. The van der Waals surface area contributed by atoms with Gasteiger partial charge >= 0.3 is 0 Å². The molecule has 0 unspecified atom stereocenters. The van der Waals surface area contributed by atoms with E-state index in [0.717, 1.165) is 8.66 Å². The summed E-state index contributed by atoms with van der Waals surface area (Å²) in [7, 11) is 0. The zero-order valence-electron chi connectivity index (χ0n) is 14.9. The molecule has 0 fully saturated rings. The molecular weight excluding hydrogens is 452 g/mol. The van der Waals surface area contributed by atoms with Crippen molar-refractivity contribution in [2.75, 3.05) is 0 Å². The highest BCUT2D eigenvalue weighted by Crippen LogP contribution is 2.43. The van der Waals surface area contributed by atoms with Gasteiger partial charge in [0.2, 0.25) is 0 Å². The molecule has 4 aromatic rings. The summed E-state index contributed by atoms with van der Waals surface area (Å²) in [4.78, 5) is 3.85. The van der Waals surface area contributed by atoms with Gasteiger partial charge in [-0.2, -0.15) is 15.0 Å². The van der Waals surface area contributed by atoms with Crippen molar-refractivity contribution in [3.63, 3.8) is 0 Å². The average molecular weight is 468 g/mol. The number of hydrogen-bond acceptors (Lipinski definition) is 4. The molecule has 0 aliphatic heterocycles. The second kappa shape index (κ2) is 7.07. The molecule has 0 amide bonds. The van der Waals surface area contributed by atoms with Gasteiger partial charge in [0.15, 0.2) is 11.6 Å². The van der Waals surface area contributed by atoms with E-state index in [1.165, 1.54) is 22.7 Å². The second-order valence-corrected chi connectivity index (χ2v) is 10.5. The van der Waals surface area contributed by atoms with Gasteiger partial charge in [0, 0.05) is 14.6 Å². The van der Waals surface area contributed by atoms with Crippen molar-refractivity contribution >= 4 is 49.6 Å². The molecule has 8 heteroatoms. The third-order valence-corrected chi connectivity index (χ3v) is 6.75. The number of benzene rings is 1. The molecule has 3 heterocycles. The molecule has 1 aromatic carbocycles. The van der Waals surface area contributed by atoms with Gasteiger partial charge in [-0.25, -0.2) is 8.78 Å². The highest BCUT2D eigenvalue weighted by Gasteiger charge is 2.27. The van der Waals surface area contributed by atoms with Crippen LogP contribution in [-0.4, -0.2) is 15.0 Å². The summed E-state index contributed by atoms with van der Waals surface area (Å²) < 4.78 is 31.2. The molecular formula is C19H16BrF2N3S2. The zero-order valence-corrected chi connectivity index (χ0v) is 18.1. The number of aryl methyl sites for hydroxylation is 1. The third-order valence-electron chi connectivity index (χ3n) is 4.10. The summed E-state index contributed by atoms with van der Waals surface area (Å²) >= 11 is 6.15. The number of aromatic nitrogens is 3. The number of thiophene rings is 2. The third kappa shape index (κ3) is 3.34. The molecule has 3 aromatic heterocycles. The van der Waals surface area contributed by atoms with Crippen LogP contribution in [0.15, 0.2) is 28.1 Å². The van der Waals surface area contributed by atoms with Gasteiger partial charge in [-0.05, 0) is 53.0 Å². The van der Waals surface area contributed by atoms with Gasteiger partial charge in [-0.3, -0.25) is 0 Å². The fraction of sp³-hybridized carbons (Fsp3) is 0.263. The van der Waals surface area contributed by atoms with Crippen LogP contribution in [0.3, 0.4) is 0 Å². The van der Waals surface area contributed by atoms with Crippen LogP contribution in [0.4, 0.5) is 8.78 Å². The van der Waals surface area contributed by atoms with E-state index in [4.69, 9.17) is 0 Å². The minimum absolute atomic E-state index is 0.172. The Labute approximate surface area is 171 Å². The highest BCUT2D eigenvalue weighted by molar-refractivity contribution is 9.11. The van der Waals surface area contributed by atoms with Crippen LogP contribution in [0, 0.1) is 24.5 Å². The minimum atomic E-state index is -0.880. The van der Waals surface area contributed by atoms with Gasteiger partial charge in [0.05, 0.1) is 21.5 Å². The SMILES string of the molecule is Cc1ccc(-c2c(F)c(F)c(-c3ccc(Br)s3)c3nn(CC(C)C)nc23)s1. The highest BCUT2D eigenvalue weighted by atomic mass is 79.9. The molecule has 4 rings (SSSR count). The molecule has 140 valence electrons. The standard InChI is InChI=1S/C19H16BrF2N3S2/c1-9(2)8-25-23-18-14(11-5-4-10(3)26-11)16(21)17(22)15(19(18)24-25)12-6-7-13(20)27-12/h4-7,9H,8H2,1-3H3. The molecule has 3 nitrogen and oxygen atoms in total. The van der Waals surface area contributed by atoms with Crippen molar-refractivity contribution in [3.05, 3.63) is 44.6 Å². The lowest BCUT2D eigenvalue weighted by molar-refractivity contribution is 0.442. The van der Waals surface area contributed by atoms with Gasteiger partial charge in [0.1, 0.15) is 11.0 Å². The molecule has 0 radical (unpaired) electrons.